The van der Waals surface area contributed by atoms with Crippen molar-refractivity contribution in [3.63, 3.8) is 0 Å². The van der Waals surface area contributed by atoms with Gasteiger partial charge in [0.05, 0.1) is 13.4 Å². The van der Waals surface area contributed by atoms with Crippen LogP contribution in [0.3, 0.4) is 0 Å². The van der Waals surface area contributed by atoms with Crippen LogP contribution in [0.2, 0.25) is 13.1 Å². The van der Waals surface area contributed by atoms with Gasteiger partial charge in [-0.25, -0.2) is 0 Å². The fourth-order valence-electron chi connectivity index (χ4n) is 0.272. The molecule has 0 aliphatic carbocycles. The van der Waals surface area contributed by atoms with Crippen LogP contribution in [-0.4, -0.2) is 43.6 Å². The molecule has 0 amide bonds. The van der Waals surface area contributed by atoms with Gasteiger partial charge in [-0.15, -0.1) is 0 Å². The van der Waals surface area contributed by atoms with Crippen LogP contribution in [0.15, 0.2) is 0 Å². The van der Waals surface area contributed by atoms with Crippen LogP contribution in [0, 0.1) is 0 Å². The van der Waals surface area contributed by atoms with Gasteiger partial charge in [-0.2, -0.15) is 0 Å². The van der Waals surface area contributed by atoms with Crippen LogP contribution in [0.5, 0.6) is 0 Å². The first-order valence-corrected chi connectivity index (χ1v) is 6.24. The van der Waals surface area contributed by atoms with Crippen molar-refractivity contribution in [2.75, 3.05) is 7.11 Å². The van der Waals surface area contributed by atoms with Gasteiger partial charge in [0.1, 0.15) is 0 Å². The Morgan fingerprint density at radius 3 is 2.00 bits per heavy atom. The summed E-state index contributed by atoms with van der Waals surface area (Å²) in [5, 5.41) is 0. The van der Waals surface area contributed by atoms with Crippen molar-refractivity contribution >= 4 is 47.8 Å². The van der Waals surface area contributed by atoms with Crippen LogP contribution in [-0.2, 0) is 4.74 Å². The van der Waals surface area contributed by atoms with Crippen LogP contribution < -0.4 is 0 Å². The van der Waals surface area contributed by atoms with Gasteiger partial charge in [0.25, 0.3) is 0 Å². The summed E-state index contributed by atoms with van der Waals surface area (Å²) in [7, 11) is 1.16. The second-order valence-electron chi connectivity index (χ2n) is 1.83. The van der Waals surface area contributed by atoms with Gasteiger partial charge in [0, 0.05) is 7.11 Å². The van der Waals surface area contributed by atoms with Crippen molar-refractivity contribution in [3.8, 4) is 0 Å². The summed E-state index contributed by atoms with van der Waals surface area (Å²) in [5.41, 5.74) is 0. The van der Waals surface area contributed by atoms with E-state index in [-0.39, 0.29) is 25.9 Å². The monoisotopic (exact) mass is 208 g/mol. The Balaban J connectivity index is -0.0000000600. The van der Waals surface area contributed by atoms with E-state index in [1.54, 1.807) is 7.11 Å². The van der Waals surface area contributed by atoms with Gasteiger partial charge in [0.2, 0.25) is 0 Å². The minimum atomic E-state index is -0.570. The molecule has 1 atom stereocenters. The van der Waals surface area contributed by atoms with Gasteiger partial charge in [-0.05, 0) is 0 Å². The largest absolute Gasteiger partial charge is 2.00 e. The molecule has 1 nitrogen and oxygen atoms in total. The van der Waals surface area contributed by atoms with E-state index < -0.39 is 8.80 Å². The third kappa shape index (κ3) is 5.56. The van der Waals surface area contributed by atoms with Gasteiger partial charge in [0.15, 0.2) is 0 Å². The maximum atomic E-state index is 4.99. The predicted octanol–water partition coefficient (Wildman–Crippen LogP) is 1.22. The average Bonchev–Trinajstić information content (AvgIpc) is 1.65. The quantitative estimate of drug-likeness (QED) is 0.491. The zero-order chi connectivity index (χ0) is 5.86. The Labute approximate surface area is 80.0 Å². The van der Waals surface area contributed by atoms with E-state index in [0.29, 0.717) is 4.64 Å². The molecule has 0 rings (SSSR count). The van der Waals surface area contributed by atoms with Crippen LogP contribution in [0.25, 0.3) is 0 Å². The summed E-state index contributed by atoms with van der Waals surface area (Å²) < 4.78 is 5.34. The molecular weight excluding hydrogens is 196 g/mol. The summed E-state index contributed by atoms with van der Waals surface area (Å²) >= 11 is 3.38. The standard InChI is InChI=1S/C4H11BrOSi.Mg.2H/c1-6-4(5)7(2)3;;;/h4,7H,1-3H3;;;/q;+2;2*-1. The molecule has 0 aliphatic heterocycles. The van der Waals surface area contributed by atoms with Gasteiger partial charge in [-0.1, -0.05) is 29.0 Å². The molecule has 4 heteroatoms. The molecule has 0 heterocycles. The molecule has 0 aromatic rings. The Bertz CT molecular complexity index is 60.5. The molecule has 0 aromatic carbocycles. The minimum Gasteiger partial charge on any atom is -1.00 e. The smallest absolute Gasteiger partial charge is 1.00 e. The number of methoxy groups -OCH3 is 1. The third-order valence-electron chi connectivity index (χ3n) is 0.749. The summed E-state index contributed by atoms with van der Waals surface area (Å²) in [5.74, 6) is 0. The van der Waals surface area contributed by atoms with E-state index in [1.165, 1.54) is 0 Å². The Morgan fingerprint density at radius 1 is 1.62 bits per heavy atom. The summed E-state index contributed by atoms with van der Waals surface area (Å²) in [6.07, 6.45) is 0. The summed E-state index contributed by atoms with van der Waals surface area (Å²) in [4.78, 5) is 0. The van der Waals surface area contributed by atoms with Crippen molar-refractivity contribution in [1.82, 2.24) is 0 Å². The van der Waals surface area contributed by atoms with E-state index in [1.807, 2.05) is 0 Å². The number of ether oxygens (including phenoxy) is 1. The van der Waals surface area contributed by atoms with Crippen LogP contribution >= 0.6 is 15.9 Å². The number of hydrogen-bond donors (Lipinski definition) is 0. The molecule has 0 radical (unpaired) electrons. The van der Waals surface area contributed by atoms with Crippen molar-refractivity contribution in [3.05, 3.63) is 0 Å². The van der Waals surface area contributed by atoms with E-state index in [9.17, 15) is 0 Å². The van der Waals surface area contributed by atoms with E-state index in [4.69, 9.17) is 4.74 Å². The number of rotatable bonds is 2. The van der Waals surface area contributed by atoms with Crippen molar-refractivity contribution in [1.29, 1.82) is 0 Å². The third-order valence-corrected chi connectivity index (χ3v) is 5.62. The molecule has 0 saturated heterocycles. The molecule has 0 saturated carbocycles. The van der Waals surface area contributed by atoms with Gasteiger partial charge < -0.3 is 7.59 Å². The van der Waals surface area contributed by atoms with Crippen LogP contribution in [0.1, 0.15) is 2.85 Å². The van der Waals surface area contributed by atoms with Crippen molar-refractivity contribution in [2.45, 2.75) is 17.7 Å². The molecule has 8 heavy (non-hydrogen) atoms. The Morgan fingerprint density at radius 2 is 2.00 bits per heavy atom. The molecule has 48 valence electrons. The summed E-state index contributed by atoms with van der Waals surface area (Å²) in [6, 6.07) is 0. The molecule has 0 aliphatic rings. The first kappa shape index (κ1) is 12.1. The topological polar surface area (TPSA) is 9.23 Å². The normalized spacial score (nSPS) is 13.1. The van der Waals surface area contributed by atoms with E-state index in [0.717, 1.165) is 0 Å². The molecule has 0 bridgehead atoms. The average molecular weight is 209 g/mol. The fraction of sp³-hybridized carbons (Fsp3) is 1.00. The Hall–Kier alpha value is 1.42. The number of hydrogen-bond acceptors (Lipinski definition) is 1. The molecule has 0 fully saturated rings. The first-order chi connectivity index (χ1) is 3.18. The minimum absolute atomic E-state index is 0. The van der Waals surface area contributed by atoms with Crippen LogP contribution in [0.4, 0.5) is 0 Å². The zero-order valence-corrected chi connectivity index (χ0v) is 9.80. The van der Waals surface area contributed by atoms with Gasteiger partial charge >= 0.3 is 23.1 Å². The van der Waals surface area contributed by atoms with E-state index in [2.05, 4.69) is 29.0 Å². The second-order valence-corrected chi connectivity index (χ2v) is 6.80. The second kappa shape index (κ2) is 6.54. The summed E-state index contributed by atoms with van der Waals surface area (Å²) in [6.45, 7) is 4.48. The van der Waals surface area contributed by atoms with Crippen molar-refractivity contribution in [2.24, 2.45) is 0 Å². The number of halogens is 1. The molecule has 0 N–H and O–H groups in total. The maximum absolute atomic E-state index is 4.99. The van der Waals surface area contributed by atoms with E-state index >= 15 is 0 Å². The predicted molar refractivity (Wildman–Crippen MR) is 46.6 cm³/mol. The van der Waals surface area contributed by atoms with Crippen molar-refractivity contribution < 1.29 is 7.59 Å². The molecular formula is C4H13BrMgOSi. The number of alkyl halides is 1. The fourth-order valence-corrected chi connectivity index (χ4v) is 0.816. The zero-order valence-electron chi connectivity index (χ0n) is 7.65. The molecule has 0 spiro atoms. The molecule has 0 aromatic heterocycles. The first-order valence-electron chi connectivity index (χ1n) is 2.35. The Kier molecular flexibility index (Phi) is 9.92. The molecule has 1 unspecified atom stereocenters. The maximum Gasteiger partial charge on any atom is 2.00 e. The van der Waals surface area contributed by atoms with Gasteiger partial charge in [-0.3, -0.25) is 0 Å². The SMILES string of the molecule is COC(Br)[SiH](C)C.[H-].[H-].[Mg+2].